The summed E-state index contributed by atoms with van der Waals surface area (Å²) < 4.78 is 28.2. The standard InChI is InChI=1S/C24H28N2O4S/c1-17-8-13-22-20(16-17)6-5-14-25(22)24(28)23-7-3-4-15-26(23)31(29,30)21-11-9-19(10-12-21)18(2)27/h8-13,16,23H,3-7,14-15H2,1-2H3. The lowest BCUT2D eigenvalue weighted by Gasteiger charge is -2.38. The molecule has 164 valence electrons. The smallest absolute Gasteiger partial charge is 0.245 e. The number of sulfonamides is 1. The van der Waals surface area contributed by atoms with Crippen LogP contribution in [0.2, 0.25) is 0 Å². The van der Waals surface area contributed by atoms with Gasteiger partial charge in [-0.25, -0.2) is 8.42 Å². The van der Waals surface area contributed by atoms with Gasteiger partial charge in [-0.3, -0.25) is 9.59 Å². The monoisotopic (exact) mass is 440 g/mol. The molecule has 0 N–H and O–H groups in total. The lowest BCUT2D eigenvalue weighted by Crippen LogP contribution is -2.54. The Hall–Kier alpha value is -2.51. The molecule has 0 radical (unpaired) electrons. The Morgan fingerprint density at radius 1 is 0.968 bits per heavy atom. The zero-order chi connectivity index (χ0) is 22.2. The highest BCUT2D eigenvalue weighted by Crippen LogP contribution is 2.32. The van der Waals surface area contributed by atoms with Crippen molar-refractivity contribution >= 4 is 27.4 Å². The summed E-state index contributed by atoms with van der Waals surface area (Å²) >= 11 is 0. The molecular weight excluding hydrogens is 412 g/mol. The first-order valence-corrected chi connectivity index (χ1v) is 12.3. The summed E-state index contributed by atoms with van der Waals surface area (Å²) in [6.07, 6.45) is 3.86. The number of rotatable bonds is 4. The number of fused-ring (bicyclic) bond motifs is 1. The summed E-state index contributed by atoms with van der Waals surface area (Å²) in [5.41, 5.74) is 3.66. The van der Waals surface area contributed by atoms with Crippen molar-refractivity contribution in [2.75, 3.05) is 18.0 Å². The van der Waals surface area contributed by atoms with Crippen molar-refractivity contribution in [2.24, 2.45) is 0 Å². The van der Waals surface area contributed by atoms with E-state index in [1.165, 1.54) is 35.5 Å². The van der Waals surface area contributed by atoms with Crippen LogP contribution in [0.5, 0.6) is 0 Å². The van der Waals surface area contributed by atoms with Crippen molar-refractivity contribution in [1.29, 1.82) is 0 Å². The van der Waals surface area contributed by atoms with Crippen LogP contribution in [-0.2, 0) is 21.2 Å². The highest BCUT2D eigenvalue weighted by atomic mass is 32.2. The molecule has 4 rings (SSSR count). The van der Waals surface area contributed by atoms with Crippen LogP contribution in [0, 0.1) is 6.92 Å². The molecule has 2 aliphatic rings. The van der Waals surface area contributed by atoms with Crippen molar-refractivity contribution in [3.8, 4) is 0 Å². The van der Waals surface area contributed by atoms with Gasteiger partial charge in [0.05, 0.1) is 4.90 Å². The van der Waals surface area contributed by atoms with Crippen LogP contribution in [0.3, 0.4) is 0 Å². The lowest BCUT2D eigenvalue weighted by atomic mass is 9.97. The summed E-state index contributed by atoms with van der Waals surface area (Å²) in [6, 6.07) is 11.3. The van der Waals surface area contributed by atoms with Crippen molar-refractivity contribution in [3.63, 3.8) is 0 Å². The van der Waals surface area contributed by atoms with Gasteiger partial charge < -0.3 is 4.90 Å². The molecule has 0 aliphatic carbocycles. The van der Waals surface area contributed by atoms with Gasteiger partial charge >= 0.3 is 0 Å². The fraction of sp³-hybridized carbons (Fsp3) is 0.417. The number of aryl methyl sites for hydroxylation is 2. The van der Waals surface area contributed by atoms with Crippen molar-refractivity contribution < 1.29 is 18.0 Å². The number of carbonyl (C=O) groups excluding carboxylic acids is 2. The van der Waals surface area contributed by atoms with E-state index in [4.69, 9.17) is 0 Å². The first-order valence-electron chi connectivity index (χ1n) is 10.8. The summed E-state index contributed by atoms with van der Waals surface area (Å²) in [4.78, 5) is 27.0. The summed E-state index contributed by atoms with van der Waals surface area (Å²) in [5.74, 6) is -0.262. The molecule has 1 saturated heterocycles. The van der Waals surface area contributed by atoms with Gasteiger partial charge in [0.25, 0.3) is 0 Å². The minimum Gasteiger partial charge on any atom is -0.311 e. The molecule has 1 atom stereocenters. The second-order valence-corrected chi connectivity index (χ2v) is 10.3. The Morgan fingerprint density at radius 2 is 1.71 bits per heavy atom. The van der Waals surface area contributed by atoms with Gasteiger partial charge in [-0.1, -0.05) is 36.2 Å². The second-order valence-electron chi connectivity index (χ2n) is 8.43. The third kappa shape index (κ3) is 4.16. The number of benzene rings is 2. The molecule has 6 nitrogen and oxygen atoms in total. The molecule has 31 heavy (non-hydrogen) atoms. The van der Waals surface area contributed by atoms with Crippen molar-refractivity contribution in [3.05, 3.63) is 59.2 Å². The molecule has 2 aromatic carbocycles. The van der Waals surface area contributed by atoms with Crippen molar-refractivity contribution in [1.82, 2.24) is 4.31 Å². The molecule has 1 fully saturated rings. The van der Waals surface area contributed by atoms with E-state index in [2.05, 4.69) is 6.07 Å². The molecule has 7 heteroatoms. The maximum absolute atomic E-state index is 13.6. The van der Waals surface area contributed by atoms with Crippen LogP contribution in [0.1, 0.15) is 54.1 Å². The van der Waals surface area contributed by atoms with E-state index in [0.29, 0.717) is 25.1 Å². The van der Waals surface area contributed by atoms with Gasteiger partial charge in [0.2, 0.25) is 15.9 Å². The molecule has 2 aromatic rings. The first-order chi connectivity index (χ1) is 14.8. The predicted octanol–water partition coefficient (Wildman–Crippen LogP) is 3.72. The van der Waals surface area contributed by atoms with Gasteiger partial charge in [0.1, 0.15) is 6.04 Å². The zero-order valence-electron chi connectivity index (χ0n) is 18.0. The quantitative estimate of drug-likeness (QED) is 0.679. The molecular formula is C24H28N2O4S. The zero-order valence-corrected chi connectivity index (χ0v) is 18.8. The lowest BCUT2D eigenvalue weighted by molar-refractivity contribution is -0.123. The number of piperidine rings is 1. The van der Waals surface area contributed by atoms with Gasteiger partial charge in [-0.05, 0) is 63.3 Å². The Bertz CT molecular complexity index is 1110. The molecule has 2 aliphatic heterocycles. The molecule has 0 spiro atoms. The number of nitrogens with zero attached hydrogens (tertiary/aromatic N) is 2. The van der Waals surface area contributed by atoms with E-state index < -0.39 is 16.1 Å². The van der Waals surface area contributed by atoms with E-state index in [9.17, 15) is 18.0 Å². The molecule has 0 saturated carbocycles. The summed E-state index contributed by atoms with van der Waals surface area (Å²) in [6.45, 7) is 4.41. The highest BCUT2D eigenvalue weighted by Gasteiger charge is 2.40. The van der Waals surface area contributed by atoms with Crippen LogP contribution < -0.4 is 4.90 Å². The van der Waals surface area contributed by atoms with Gasteiger partial charge in [-0.15, -0.1) is 0 Å². The minimum absolute atomic E-state index is 0.117. The average molecular weight is 441 g/mol. The maximum Gasteiger partial charge on any atom is 0.245 e. The number of amides is 1. The Morgan fingerprint density at radius 3 is 2.42 bits per heavy atom. The molecule has 0 aromatic heterocycles. The van der Waals surface area contributed by atoms with Crippen LogP contribution >= 0.6 is 0 Å². The van der Waals surface area contributed by atoms with Crippen LogP contribution in [-0.4, -0.2) is 43.5 Å². The largest absolute Gasteiger partial charge is 0.311 e. The molecule has 0 bridgehead atoms. The first kappa shape index (κ1) is 21.7. The summed E-state index contributed by atoms with van der Waals surface area (Å²) in [7, 11) is -3.85. The normalized spacial score (nSPS) is 19.7. The highest BCUT2D eigenvalue weighted by molar-refractivity contribution is 7.89. The third-order valence-corrected chi connectivity index (χ3v) is 8.15. The Labute approximate surface area is 183 Å². The average Bonchev–Trinajstić information content (AvgIpc) is 2.78. The summed E-state index contributed by atoms with van der Waals surface area (Å²) in [5, 5.41) is 0. The van der Waals surface area contributed by atoms with E-state index in [0.717, 1.165) is 42.5 Å². The fourth-order valence-electron chi connectivity index (χ4n) is 4.57. The van der Waals surface area contributed by atoms with Gasteiger partial charge in [0, 0.05) is 24.3 Å². The number of Topliss-reactive ketones (excluding diaryl/α,β-unsaturated/α-hetero) is 1. The van der Waals surface area contributed by atoms with E-state index >= 15 is 0 Å². The Kier molecular flexibility index (Phi) is 5.99. The molecule has 1 amide bonds. The number of carbonyl (C=O) groups is 2. The van der Waals surface area contributed by atoms with Crippen LogP contribution in [0.15, 0.2) is 47.4 Å². The number of hydrogen-bond acceptors (Lipinski definition) is 4. The predicted molar refractivity (Wildman–Crippen MR) is 120 cm³/mol. The number of hydrogen-bond donors (Lipinski definition) is 0. The van der Waals surface area contributed by atoms with Gasteiger partial charge in [0.15, 0.2) is 5.78 Å². The molecule has 2 heterocycles. The topological polar surface area (TPSA) is 74.8 Å². The van der Waals surface area contributed by atoms with Crippen LogP contribution in [0.4, 0.5) is 5.69 Å². The van der Waals surface area contributed by atoms with Crippen LogP contribution in [0.25, 0.3) is 0 Å². The van der Waals surface area contributed by atoms with Crippen molar-refractivity contribution in [2.45, 2.75) is 56.9 Å². The SMILES string of the molecule is CC(=O)c1ccc(S(=O)(=O)N2CCCCC2C(=O)N2CCCc3cc(C)ccc32)cc1. The minimum atomic E-state index is -3.85. The number of anilines is 1. The van der Waals surface area contributed by atoms with E-state index in [1.807, 2.05) is 19.1 Å². The van der Waals surface area contributed by atoms with E-state index in [-0.39, 0.29) is 16.6 Å². The fourth-order valence-corrected chi connectivity index (χ4v) is 6.22. The maximum atomic E-state index is 13.6. The Balaban J connectivity index is 1.65. The second kappa shape index (κ2) is 8.55. The molecule has 1 unspecified atom stereocenters. The number of ketones is 1. The van der Waals surface area contributed by atoms with E-state index in [1.54, 1.807) is 4.90 Å². The van der Waals surface area contributed by atoms with Gasteiger partial charge in [-0.2, -0.15) is 4.31 Å². The third-order valence-electron chi connectivity index (χ3n) is 6.23.